The first-order valence-electron chi connectivity index (χ1n) is 6.75. The summed E-state index contributed by atoms with van der Waals surface area (Å²) in [5, 5.41) is 0. The molecule has 0 fully saturated rings. The first kappa shape index (κ1) is 13.2. The van der Waals surface area contributed by atoms with Crippen LogP contribution in [-0.2, 0) is 6.42 Å². The first-order valence-corrected chi connectivity index (χ1v) is 6.75. The quantitative estimate of drug-likeness (QED) is 0.795. The Kier molecular flexibility index (Phi) is 3.29. The molecule has 2 atom stereocenters. The third kappa shape index (κ3) is 2.20. The zero-order chi connectivity index (χ0) is 13.5. The van der Waals surface area contributed by atoms with Gasteiger partial charge in [-0.05, 0) is 43.7 Å². The minimum Gasteiger partial charge on any atom is -0.345 e. The highest BCUT2D eigenvalue weighted by Gasteiger charge is 2.33. The van der Waals surface area contributed by atoms with E-state index in [0.29, 0.717) is 6.04 Å². The summed E-state index contributed by atoms with van der Waals surface area (Å²) in [4.78, 5) is 0. The number of hydrogen-bond donors (Lipinski definition) is 1. The molecule has 0 aromatic carbocycles. The molecule has 1 heterocycles. The molecule has 98 valence electrons. The van der Waals surface area contributed by atoms with Crippen LogP contribution >= 0.6 is 0 Å². The average molecular weight is 244 g/mol. The zero-order valence-corrected chi connectivity index (χ0v) is 12.0. The van der Waals surface area contributed by atoms with Crippen LogP contribution in [0.4, 0.5) is 0 Å². The molecule has 0 bridgehead atoms. The van der Waals surface area contributed by atoms with Crippen molar-refractivity contribution in [2.75, 3.05) is 0 Å². The van der Waals surface area contributed by atoms with Crippen molar-refractivity contribution >= 4 is 0 Å². The summed E-state index contributed by atoms with van der Waals surface area (Å²) in [5.74, 6) is 2.77. The molecule has 2 nitrogen and oxygen atoms in total. The normalized spacial score (nSPS) is 23.2. The molecular formula is C16H24N2. The number of aromatic nitrogens is 1. The summed E-state index contributed by atoms with van der Waals surface area (Å²) in [6, 6.07) is 2.78. The van der Waals surface area contributed by atoms with E-state index in [1.807, 2.05) is 0 Å². The summed E-state index contributed by atoms with van der Waals surface area (Å²) < 4.78 is 2.40. The van der Waals surface area contributed by atoms with Crippen molar-refractivity contribution in [2.45, 2.75) is 59.0 Å². The molecule has 0 radical (unpaired) electrons. The van der Waals surface area contributed by atoms with E-state index in [4.69, 9.17) is 12.2 Å². The Balaban J connectivity index is 2.48. The molecule has 1 aliphatic rings. The Bertz CT molecular complexity index is 488. The Morgan fingerprint density at radius 3 is 2.89 bits per heavy atom. The third-order valence-electron chi connectivity index (χ3n) is 4.04. The van der Waals surface area contributed by atoms with Gasteiger partial charge in [-0.25, -0.2) is 0 Å². The van der Waals surface area contributed by atoms with Crippen molar-refractivity contribution in [2.24, 2.45) is 11.1 Å². The molecule has 0 amide bonds. The molecule has 1 aromatic rings. The Labute approximate surface area is 111 Å². The van der Waals surface area contributed by atoms with E-state index in [9.17, 15) is 0 Å². The van der Waals surface area contributed by atoms with Crippen molar-refractivity contribution in [1.29, 1.82) is 0 Å². The van der Waals surface area contributed by atoms with E-state index >= 15 is 0 Å². The standard InChI is InChI=1S/C16H24N2/c1-6-7-11(2)18-12(3)8-13-14(17)9-16(4,5)10-15(13)18/h1,8,11,14H,7,9-10,17H2,2-5H3. The number of terminal acetylenes is 1. The van der Waals surface area contributed by atoms with Gasteiger partial charge in [0.1, 0.15) is 0 Å². The summed E-state index contributed by atoms with van der Waals surface area (Å²) in [5.41, 5.74) is 10.6. The van der Waals surface area contributed by atoms with Gasteiger partial charge in [0, 0.05) is 29.9 Å². The third-order valence-corrected chi connectivity index (χ3v) is 4.04. The van der Waals surface area contributed by atoms with Crippen LogP contribution in [0.25, 0.3) is 0 Å². The molecule has 0 aliphatic heterocycles. The van der Waals surface area contributed by atoms with Crippen molar-refractivity contribution in [3.05, 3.63) is 23.0 Å². The van der Waals surface area contributed by atoms with Gasteiger partial charge in [0.2, 0.25) is 0 Å². The Morgan fingerprint density at radius 2 is 2.28 bits per heavy atom. The van der Waals surface area contributed by atoms with Gasteiger partial charge in [0.05, 0.1) is 0 Å². The summed E-state index contributed by atoms with van der Waals surface area (Å²) in [6.45, 7) is 8.95. The van der Waals surface area contributed by atoms with E-state index in [0.717, 1.165) is 19.3 Å². The van der Waals surface area contributed by atoms with E-state index in [-0.39, 0.29) is 11.5 Å². The highest BCUT2D eigenvalue weighted by atomic mass is 15.0. The number of nitrogens with two attached hydrogens (primary N) is 1. The van der Waals surface area contributed by atoms with Gasteiger partial charge in [-0.15, -0.1) is 12.3 Å². The fourth-order valence-corrected chi connectivity index (χ4v) is 3.34. The lowest BCUT2D eigenvalue weighted by molar-refractivity contribution is 0.272. The van der Waals surface area contributed by atoms with Crippen LogP contribution in [0.15, 0.2) is 6.07 Å². The van der Waals surface area contributed by atoms with Crippen LogP contribution < -0.4 is 5.73 Å². The minimum absolute atomic E-state index is 0.168. The molecule has 0 spiro atoms. The molecular weight excluding hydrogens is 220 g/mol. The van der Waals surface area contributed by atoms with Gasteiger partial charge in [-0.1, -0.05) is 13.8 Å². The molecule has 0 saturated carbocycles. The Morgan fingerprint density at radius 1 is 1.61 bits per heavy atom. The lowest BCUT2D eigenvalue weighted by atomic mass is 9.74. The molecule has 1 aromatic heterocycles. The SMILES string of the molecule is C#CCC(C)n1c(C)cc2c1CC(C)(C)CC2N. The van der Waals surface area contributed by atoms with Crippen LogP contribution in [-0.4, -0.2) is 4.57 Å². The van der Waals surface area contributed by atoms with Gasteiger partial charge in [-0.3, -0.25) is 0 Å². The van der Waals surface area contributed by atoms with Crippen LogP contribution in [0.3, 0.4) is 0 Å². The predicted molar refractivity (Wildman–Crippen MR) is 76.4 cm³/mol. The van der Waals surface area contributed by atoms with Gasteiger partial charge in [-0.2, -0.15) is 0 Å². The molecule has 2 heteroatoms. The highest BCUT2D eigenvalue weighted by Crippen LogP contribution is 2.42. The topological polar surface area (TPSA) is 30.9 Å². The lowest BCUT2D eigenvalue weighted by Crippen LogP contribution is -2.31. The predicted octanol–water partition coefficient (Wildman–Crippen LogP) is 3.35. The number of fused-ring (bicyclic) bond motifs is 1. The largest absolute Gasteiger partial charge is 0.345 e. The second-order valence-electron chi connectivity index (χ2n) is 6.47. The van der Waals surface area contributed by atoms with Crippen LogP contribution in [0.5, 0.6) is 0 Å². The van der Waals surface area contributed by atoms with E-state index in [1.165, 1.54) is 17.0 Å². The van der Waals surface area contributed by atoms with Crippen LogP contribution in [0.1, 0.15) is 62.6 Å². The minimum atomic E-state index is 0.168. The maximum atomic E-state index is 6.32. The molecule has 2 unspecified atom stereocenters. The fraction of sp³-hybridized carbons (Fsp3) is 0.625. The highest BCUT2D eigenvalue weighted by molar-refractivity contribution is 5.34. The van der Waals surface area contributed by atoms with Gasteiger partial charge < -0.3 is 10.3 Å². The maximum absolute atomic E-state index is 6.32. The van der Waals surface area contributed by atoms with E-state index in [2.05, 4.69) is 44.2 Å². The summed E-state index contributed by atoms with van der Waals surface area (Å²) in [7, 11) is 0. The van der Waals surface area contributed by atoms with Gasteiger partial charge in [0.15, 0.2) is 0 Å². The summed E-state index contributed by atoms with van der Waals surface area (Å²) in [6.07, 6.45) is 8.39. The zero-order valence-electron chi connectivity index (χ0n) is 12.0. The lowest BCUT2D eigenvalue weighted by Gasteiger charge is -2.35. The summed E-state index contributed by atoms with van der Waals surface area (Å²) >= 11 is 0. The molecule has 2 rings (SSSR count). The van der Waals surface area contributed by atoms with Crippen LogP contribution in [0, 0.1) is 24.7 Å². The van der Waals surface area contributed by atoms with Crippen molar-refractivity contribution in [3.8, 4) is 12.3 Å². The van der Waals surface area contributed by atoms with E-state index < -0.39 is 0 Å². The molecule has 2 N–H and O–H groups in total. The molecule has 18 heavy (non-hydrogen) atoms. The van der Waals surface area contributed by atoms with Crippen LogP contribution in [0.2, 0.25) is 0 Å². The Hall–Kier alpha value is -1.20. The molecule has 1 aliphatic carbocycles. The number of nitrogens with zero attached hydrogens (tertiary/aromatic N) is 1. The van der Waals surface area contributed by atoms with E-state index in [1.54, 1.807) is 0 Å². The number of hydrogen-bond acceptors (Lipinski definition) is 1. The second-order valence-corrected chi connectivity index (χ2v) is 6.47. The van der Waals surface area contributed by atoms with Crippen molar-refractivity contribution in [3.63, 3.8) is 0 Å². The van der Waals surface area contributed by atoms with Crippen molar-refractivity contribution in [1.82, 2.24) is 4.57 Å². The van der Waals surface area contributed by atoms with Gasteiger partial charge >= 0.3 is 0 Å². The fourth-order valence-electron chi connectivity index (χ4n) is 3.34. The van der Waals surface area contributed by atoms with Gasteiger partial charge in [0.25, 0.3) is 0 Å². The maximum Gasteiger partial charge on any atom is 0.0416 e. The number of aryl methyl sites for hydroxylation is 1. The average Bonchev–Trinajstić information content (AvgIpc) is 2.53. The second kappa shape index (κ2) is 4.48. The molecule has 0 saturated heterocycles. The first-order chi connectivity index (χ1) is 8.35. The van der Waals surface area contributed by atoms with Crippen molar-refractivity contribution < 1.29 is 0 Å². The smallest absolute Gasteiger partial charge is 0.0416 e. The monoisotopic (exact) mass is 244 g/mol. The number of rotatable bonds is 2.